The van der Waals surface area contributed by atoms with Gasteiger partial charge in [-0.3, -0.25) is 9.59 Å². The lowest BCUT2D eigenvalue weighted by Gasteiger charge is -2.25. The van der Waals surface area contributed by atoms with Gasteiger partial charge in [0, 0.05) is 26.2 Å². The van der Waals surface area contributed by atoms with Crippen LogP contribution in [0.3, 0.4) is 0 Å². The number of hydrogen-bond acceptors (Lipinski definition) is 3. The number of aromatic nitrogens is 2. The Morgan fingerprint density at radius 1 is 1.42 bits per heavy atom. The summed E-state index contributed by atoms with van der Waals surface area (Å²) in [6.45, 7) is 7.45. The number of hydrogen-bond donors (Lipinski definition) is 1. The first-order chi connectivity index (χ1) is 11.4. The zero-order chi connectivity index (χ0) is 17.7. The number of carbonyl (C=O) groups excluding carboxylic acids is 2. The third kappa shape index (κ3) is 4.36. The van der Waals surface area contributed by atoms with Crippen molar-refractivity contribution < 1.29 is 9.59 Å². The molecule has 0 spiro atoms. The molecule has 134 valence electrons. The van der Waals surface area contributed by atoms with Gasteiger partial charge >= 0.3 is 0 Å². The fourth-order valence-electron chi connectivity index (χ4n) is 3.14. The molecule has 24 heavy (non-hydrogen) atoms. The van der Waals surface area contributed by atoms with E-state index in [1.54, 1.807) is 11.2 Å². The highest BCUT2D eigenvalue weighted by Gasteiger charge is 2.29. The molecule has 2 heterocycles. The minimum absolute atomic E-state index is 0.00932. The quantitative estimate of drug-likeness (QED) is 0.778. The van der Waals surface area contributed by atoms with Gasteiger partial charge < -0.3 is 14.8 Å². The summed E-state index contributed by atoms with van der Waals surface area (Å²) < 4.78 is 1.97. The summed E-state index contributed by atoms with van der Waals surface area (Å²) in [6.07, 6.45) is 6.49. The van der Waals surface area contributed by atoms with Gasteiger partial charge in [0.15, 0.2) is 0 Å². The van der Waals surface area contributed by atoms with E-state index in [0.717, 1.165) is 44.3 Å². The number of nitrogens with zero attached hydrogens (tertiary/aromatic N) is 3. The molecule has 0 saturated heterocycles. The molecule has 0 saturated carbocycles. The van der Waals surface area contributed by atoms with Crippen LogP contribution in [-0.4, -0.2) is 45.9 Å². The minimum atomic E-state index is -0.0423. The lowest BCUT2D eigenvalue weighted by atomic mass is 9.96. The van der Waals surface area contributed by atoms with E-state index in [2.05, 4.69) is 17.2 Å². The van der Waals surface area contributed by atoms with Gasteiger partial charge in [0.2, 0.25) is 5.91 Å². The number of amides is 2. The van der Waals surface area contributed by atoms with Crippen molar-refractivity contribution in [3.63, 3.8) is 0 Å². The Morgan fingerprint density at radius 3 is 2.83 bits per heavy atom. The van der Waals surface area contributed by atoms with Crippen molar-refractivity contribution in [1.29, 1.82) is 0 Å². The van der Waals surface area contributed by atoms with Gasteiger partial charge in [0.1, 0.15) is 5.69 Å². The molecule has 1 aromatic heterocycles. The van der Waals surface area contributed by atoms with Crippen molar-refractivity contribution in [2.24, 2.45) is 5.92 Å². The van der Waals surface area contributed by atoms with E-state index in [4.69, 9.17) is 0 Å². The van der Waals surface area contributed by atoms with Crippen LogP contribution < -0.4 is 5.32 Å². The van der Waals surface area contributed by atoms with Crippen LogP contribution in [0.15, 0.2) is 6.33 Å². The van der Waals surface area contributed by atoms with Crippen molar-refractivity contribution in [2.75, 3.05) is 13.6 Å². The number of unbranched alkanes of at least 4 members (excludes halogenated alkanes) is 2. The Bertz CT molecular complexity index is 580. The first-order valence-electron chi connectivity index (χ1n) is 9.03. The summed E-state index contributed by atoms with van der Waals surface area (Å²) in [5, 5.41) is 2.97. The van der Waals surface area contributed by atoms with Gasteiger partial charge in [-0.25, -0.2) is 4.98 Å². The molecule has 1 aliphatic heterocycles. The highest BCUT2D eigenvalue weighted by molar-refractivity contribution is 5.93. The summed E-state index contributed by atoms with van der Waals surface area (Å²) in [6, 6.07) is 0.149. The van der Waals surface area contributed by atoms with Crippen LogP contribution >= 0.6 is 0 Å². The van der Waals surface area contributed by atoms with Crippen LogP contribution in [0.1, 0.15) is 62.6 Å². The van der Waals surface area contributed by atoms with E-state index in [1.807, 2.05) is 25.5 Å². The Kier molecular flexibility index (Phi) is 6.40. The fourth-order valence-corrected chi connectivity index (χ4v) is 3.14. The fraction of sp³-hybridized carbons (Fsp3) is 0.722. The molecule has 0 bridgehead atoms. The molecule has 1 N–H and O–H groups in total. The van der Waals surface area contributed by atoms with E-state index in [1.165, 1.54) is 0 Å². The Morgan fingerprint density at radius 2 is 2.17 bits per heavy atom. The number of fused-ring (bicyclic) bond motifs is 1. The second-order valence-corrected chi connectivity index (χ2v) is 7.02. The number of imidazole rings is 1. The predicted molar refractivity (Wildman–Crippen MR) is 93.8 cm³/mol. The third-order valence-corrected chi connectivity index (χ3v) is 4.54. The van der Waals surface area contributed by atoms with Gasteiger partial charge in [-0.15, -0.1) is 0 Å². The SMILES string of the molecule is CCCCCN(C)C(=O)c1ncn2c1CCC(C(=O)NC(C)C)C2. The van der Waals surface area contributed by atoms with E-state index in [9.17, 15) is 9.59 Å². The molecule has 1 aliphatic rings. The molecule has 1 unspecified atom stereocenters. The zero-order valence-corrected chi connectivity index (χ0v) is 15.3. The molecule has 0 aliphatic carbocycles. The Hall–Kier alpha value is -1.85. The van der Waals surface area contributed by atoms with Gasteiger partial charge in [0.25, 0.3) is 5.91 Å². The molecular weight excluding hydrogens is 304 g/mol. The van der Waals surface area contributed by atoms with Gasteiger partial charge in [-0.1, -0.05) is 19.8 Å². The Labute approximate surface area is 144 Å². The first-order valence-corrected chi connectivity index (χ1v) is 9.03. The van der Waals surface area contributed by atoms with Crippen molar-refractivity contribution in [2.45, 2.75) is 65.5 Å². The summed E-state index contributed by atoms with van der Waals surface area (Å²) >= 11 is 0. The number of carbonyl (C=O) groups is 2. The number of rotatable bonds is 7. The standard InChI is InChI=1S/C18H30N4O2/c1-5-6-7-10-21(4)18(24)16-15-9-8-14(11-22(15)12-19-16)17(23)20-13(2)3/h12-14H,5-11H2,1-4H3,(H,20,23). The van der Waals surface area contributed by atoms with Crippen molar-refractivity contribution in [3.05, 3.63) is 17.7 Å². The smallest absolute Gasteiger partial charge is 0.274 e. The second-order valence-electron chi connectivity index (χ2n) is 7.02. The van der Waals surface area contributed by atoms with E-state index in [0.29, 0.717) is 12.2 Å². The van der Waals surface area contributed by atoms with E-state index >= 15 is 0 Å². The van der Waals surface area contributed by atoms with Crippen LogP contribution in [0.25, 0.3) is 0 Å². The summed E-state index contributed by atoms with van der Waals surface area (Å²) in [5.41, 5.74) is 1.52. The van der Waals surface area contributed by atoms with Crippen molar-refractivity contribution in [3.8, 4) is 0 Å². The molecule has 1 aromatic rings. The second kappa shape index (κ2) is 8.31. The van der Waals surface area contributed by atoms with Crippen LogP contribution in [0.5, 0.6) is 0 Å². The molecule has 6 heteroatoms. The highest BCUT2D eigenvalue weighted by atomic mass is 16.2. The van der Waals surface area contributed by atoms with Crippen LogP contribution in [0, 0.1) is 5.92 Å². The topological polar surface area (TPSA) is 67.2 Å². The molecule has 0 radical (unpaired) electrons. The lowest BCUT2D eigenvalue weighted by molar-refractivity contribution is -0.126. The number of nitrogens with one attached hydrogen (secondary N) is 1. The summed E-state index contributed by atoms with van der Waals surface area (Å²) in [4.78, 5) is 30.9. The summed E-state index contributed by atoms with van der Waals surface area (Å²) in [5.74, 6) is 0.0400. The highest BCUT2D eigenvalue weighted by Crippen LogP contribution is 2.23. The van der Waals surface area contributed by atoms with E-state index < -0.39 is 0 Å². The van der Waals surface area contributed by atoms with E-state index in [-0.39, 0.29) is 23.8 Å². The first kappa shape index (κ1) is 18.5. The average molecular weight is 334 g/mol. The van der Waals surface area contributed by atoms with Gasteiger partial charge in [-0.05, 0) is 33.1 Å². The summed E-state index contributed by atoms with van der Waals surface area (Å²) in [7, 11) is 1.84. The van der Waals surface area contributed by atoms with Crippen LogP contribution in [0.2, 0.25) is 0 Å². The zero-order valence-electron chi connectivity index (χ0n) is 15.3. The van der Waals surface area contributed by atoms with Crippen LogP contribution in [0.4, 0.5) is 0 Å². The average Bonchev–Trinajstić information content (AvgIpc) is 2.96. The Balaban J connectivity index is 2.01. The molecule has 2 amide bonds. The predicted octanol–water partition coefficient (Wildman–Crippen LogP) is 2.23. The third-order valence-electron chi connectivity index (χ3n) is 4.54. The van der Waals surface area contributed by atoms with Crippen LogP contribution in [-0.2, 0) is 17.8 Å². The molecule has 0 fully saturated rings. The van der Waals surface area contributed by atoms with Crippen molar-refractivity contribution in [1.82, 2.24) is 19.8 Å². The largest absolute Gasteiger partial charge is 0.354 e. The maximum atomic E-state index is 12.6. The molecule has 0 aromatic carbocycles. The molecule has 1 atom stereocenters. The van der Waals surface area contributed by atoms with Crippen molar-refractivity contribution >= 4 is 11.8 Å². The molecule has 6 nitrogen and oxygen atoms in total. The maximum Gasteiger partial charge on any atom is 0.274 e. The molecular formula is C18H30N4O2. The lowest BCUT2D eigenvalue weighted by Crippen LogP contribution is -2.39. The monoisotopic (exact) mass is 334 g/mol. The van der Waals surface area contributed by atoms with Gasteiger partial charge in [0.05, 0.1) is 17.9 Å². The minimum Gasteiger partial charge on any atom is -0.354 e. The van der Waals surface area contributed by atoms with Gasteiger partial charge in [-0.2, -0.15) is 0 Å². The maximum absolute atomic E-state index is 12.6. The molecule has 2 rings (SSSR count). The normalized spacial score (nSPS) is 16.8.